The van der Waals surface area contributed by atoms with E-state index in [1.165, 1.54) is 35.8 Å². The summed E-state index contributed by atoms with van der Waals surface area (Å²) in [6.45, 7) is 1.57. The summed E-state index contributed by atoms with van der Waals surface area (Å²) in [6.07, 6.45) is 3.24. The van der Waals surface area contributed by atoms with Crippen LogP contribution in [0.4, 0.5) is 0 Å². The largest absolute Gasteiger partial charge is 0.504 e. The van der Waals surface area contributed by atoms with Gasteiger partial charge in [0.15, 0.2) is 11.5 Å². The van der Waals surface area contributed by atoms with Gasteiger partial charge in [0, 0.05) is 0 Å². The highest BCUT2D eigenvalue weighted by molar-refractivity contribution is 7.98. The molecular weight excluding hydrogens is 292 g/mol. The average Bonchev–Trinajstić information content (AvgIpc) is 2.49. The summed E-state index contributed by atoms with van der Waals surface area (Å²) in [6, 6.07) is 4.83. The quantitative estimate of drug-likeness (QED) is 0.676. The minimum absolute atomic E-state index is 0.00270. The number of hydrogen-bond donors (Lipinski definition) is 1. The van der Waals surface area contributed by atoms with Crippen molar-refractivity contribution in [3.8, 4) is 11.5 Å². The van der Waals surface area contributed by atoms with Crippen LogP contribution in [0.1, 0.15) is 11.3 Å². The van der Waals surface area contributed by atoms with Crippen molar-refractivity contribution >= 4 is 18.0 Å². The molecule has 0 atom stereocenters. The van der Waals surface area contributed by atoms with Crippen molar-refractivity contribution in [3.05, 3.63) is 39.8 Å². The Morgan fingerprint density at radius 3 is 2.81 bits per heavy atom. The Labute approximate surface area is 125 Å². The van der Waals surface area contributed by atoms with E-state index in [4.69, 9.17) is 4.74 Å². The number of phenols is 1. The number of methoxy groups -OCH3 is 1. The molecule has 0 saturated carbocycles. The molecule has 0 aliphatic carbocycles. The van der Waals surface area contributed by atoms with Gasteiger partial charge in [-0.15, -0.1) is 10.2 Å². The molecule has 110 valence electrons. The van der Waals surface area contributed by atoms with Crippen molar-refractivity contribution < 1.29 is 9.84 Å². The Morgan fingerprint density at radius 1 is 1.43 bits per heavy atom. The number of rotatable bonds is 4. The molecule has 0 bridgehead atoms. The molecule has 1 heterocycles. The van der Waals surface area contributed by atoms with Gasteiger partial charge in [0.1, 0.15) is 5.69 Å². The molecule has 2 aromatic rings. The van der Waals surface area contributed by atoms with Gasteiger partial charge >= 0.3 is 0 Å². The first kappa shape index (κ1) is 15.0. The minimum Gasteiger partial charge on any atom is -0.504 e. The third-order valence-electron chi connectivity index (χ3n) is 2.68. The highest BCUT2D eigenvalue weighted by Crippen LogP contribution is 2.25. The third-order valence-corrected chi connectivity index (χ3v) is 3.30. The number of aromatic nitrogens is 3. The number of aryl methyl sites for hydroxylation is 1. The van der Waals surface area contributed by atoms with Crippen LogP contribution in [0.15, 0.2) is 33.3 Å². The second-order valence-corrected chi connectivity index (χ2v) is 4.84. The van der Waals surface area contributed by atoms with Gasteiger partial charge in [-0.2, -0.15) is 9.78 Å². The minimum atomic E-state index is -0.330. The fraction of sp³-hybridized carbons (Fsp3) is 0.231. The molecule has 0 spiro atoms. The molecule has 1 aromatic heterocycles. The number of hydrogen-bond acceptors (Lipinski definition) is 7. The molecular formula is C13H14N4O3S. The van der Waals surface area contributed by atoms with Crippen molar-refractivity contribution in [2.75, 3.05) is 13.4 Å². The SMILES string of the molecule is COc1ccc(/C=N\n2c(SC)nnc(C)c2=O)cc1O. The second kappa shape index (κ2) is 6.40. The zero-order valence-electron chi connectivity index (χ0n) is 11.8. The topological polar surface area (TPSA) is 89.6 Å². The van der Waals surface area contributed by atoms with Gasteiger partial charge in [0.25, 0.3) is 5.56 Å². The van der Waals surface area contributed by atoms with Gasteiger partial charge in [0.05, 0.1) is 13.3 Å². The van der Waals surface area contributed by atoms with Crippen molar-refractivity contribution in [2.24, 2.45) is 5.10 Å². The summed E-state index contributed by atoms with van der Waals surface area (Å²) in [5.74, 6) is 0.374. The van der Waals surface area contributed by atoms with Crippen LogP contribution in [-0.2, 0) is 0 Å². The Morgan fingerprint density at radius 2 is 2.19 bits per heavy atom. The van der Waals surface area contributed by atoms with E-state index in [0.717, 1.165) is 0 Å². The lowest BCUT2D eigenvalue weighted by molar-refractivity contribution is 0.373. The number of phenolic OH excluding ortho intramolecular Hbond substituents is 1. The summed E-state index contributed by atoms with van der Waals surface area (Å²) < 4.78 is 6.14. The van der Waals surface area contributed by atoms with Crippen LogP contribution in [0.25, 0.3) is 0 Å². The van der Waals surface area contributed by atoms with Crippen LogP contribution in [-0.4, -0.2) is 39.6 Å². The lowest BCUT2D eigenvalue weighted by Crippen LogP contribution is -2.23. The van der Waals surface area contributed by atoms with Gasteiger partial charge in [0.2, 0.25) is 5.16 Å². The maximum atomic E-state index is 12.0. The molecule has 21 heavy (non-hydrogen) atoms. The summed E-state index contributed by atoms with van der Waals surface area (Å²) in [5.41, 5.74) is 0.563. The Hall–Kier alpha value is -2.35. The number of benzene rings is 1. The van der Waals surface area contributed by atoms with Gasteiger partial charge in [-0.1, -0.05) is 11.8 Å². The number of nitrogens with zero attached hydrogens (tertiary/aromatic N) is 4. The van der Waals surface area contributed by atoms with E-state index in [9.17, 15) is 9.90 Å². The Kier molecular flexibility index (Phi) is 4.59. The smallest absolute Gasteiger partial charge is 0.296 e. The Balaban J connectivity index is 2.40. The summed E-state index contributed by atoms with van der Waals surface area (Å²) in [7, 11) is 1.47. The van der Waals surface area contributed by atoms with Crippen LogP contribution >= 0.6 is 11.8 Å². The van der Waals surface area contributed by atoms with E-state index in [2.05, 4.69) is 15.3 Å². The molecule has 1 N–H and O–H groups in total. The molecule has 0 aliphatic rings. The standard InChI is InChI=1S/C13H14N4O3S/c1-8-12(19)17(13(21-3)16-15-8)14-7-9-4-5-11(20-2)10(18)6-9/h4-7,18H,1-3H3/b14-7-. The highest BCUT2D eigenvalue weighted by atomic mass is 32.2. The van der Waals surface area contributed by atoms with E-state index in [1.54, 1.807) is 25.3 Å². The predicted octanol–water partition coefficient (Wildman–Crippen LogP) is 1.27. The molecule has 2 rings (SSSR count). The molecule has 0 fully saturated rings. The van der Waals surface area contributed by atoms with Crippen molar-refractivity contribution in [1.82, 2.24) is 14.9 Å². The maximum absolute atomic E-state index is 12.0. The van der Waals surface area contributed by atoms with Gasteiger partial charge in [-0.3, -0.25) is 4.79 Å². The maximum Gasteiger partial charge on any atom is 0.296 e. The van der Waals surface area contributed by atoms with E-state index >= 15 is 0 Å². The second-order valence-electron chi connectivity index (χ2n) is 4.06. The van der Waals surface area contributed by atoms with Crippen LogP contribution in [0.5, 0.6) is 11.5 Å². The molecule has 0 radical (unpaired) electrons. The monoisotopic (exact) mass is 306 g/mol. The van der Waals surface area contributed by atoms with Crippen LogP contribution in [0, 0.1) is 6.92 Å². The zero-order chi connectivity index (χ0) is 15.4. The molecule has 8 heteroatoms. The average molecular weight is 306 g/mol. The van der Waals surface area contributed by atoms with E-state index in [0.29, 0.717) is 16.5 Å². The van der Waals surface area contributed by atoms with Crippen LogP contribution in [0.2, 0.25) is 0 Å². The van der Waals surface area contributed by atoms with E-state index < -0.39 is 0 Å². The Bertz CT molecular complexity index is 743. The number of ether oxygens (including phenoxy) is 1. The fourth-order valence-electron chi connectivity index (χ4n) is 1.58. The molecule has 0 unspecified atom stereocenters. The molecule has 0 saturated heterocycles. The van der Waals surface area contributed by atoms with Crippen molar-refractivity contribution in [2.45, 2.75) is 12.1 Å². The van der Waals surface area contributed by atoms with Crippen molar-refractivity contribution in [3.63, 3.8) is 0 Å². The molecule has 1 aromatic carbocycles. The molecule has 7 nitrogen and oxygen atoms in total. The summed E-state index contributed by atoms with van der Waals surface area (Å²) in [4.78, 5) is 12.0. The highest BCUT2D eigenvalue weighted by Gasteiger charge is 2.07. The lowest BCUT2D eigenvalue weighted by Gasteiger charge is -2.05. The van der Waals surface area contributed by atoms with Gasteiger partial charge < -0.3 is 9.84 Å². The van der Waals surface area contributed by atoms with Crippen LogP contribution in [0.3, 0.4) is 0 Å². The first-order valence-electron chi connectivity index (χ1n) is 5.98. The first-order chi connectivity index (χ1) is 10.1. The number of aromatic hydroxyl groups is 1. The zero-order valence-corrected chi connectivity index (χ0v) is 12.6. The van der Waals surface area contributed by atoms with Gasteiger partial charge in [-0.25, -0.2) is 0 Å². The van der Waals surface area contributed by atoms with Crippen LogP contribution < -0.4 is 10.3 Å². The van der Waals surface area contributed by atoms with Crippen molar-refractivity contribution in [1.29, 1.82) is 0 Å². The van der Waals surface area contributed by atoms with E-state index in [-0.39, 0.29) is 17.0 Å². The van der Waals surface area contributed by atoms with Gasteiger partial charge in [-0.05, 0) is 36.9 Å². The predicted molar refractivity (Wildman–Crippen MR) is 80.5 cm³/mol. The molecule has 0 amide bonds. The van der Waals surface area contributed by atoms with E-state index in [1.807, 2.05) is 0 Å². The number of thioether (sulfide) groups is 1. The third kappa shape index (κ3) is 3.22. The molecule has 0 aliphatic heterocycles. The summed E-state index contributed by atoms with van der Waals surface area (Å²) in [5, 5.41) is 21.9. The summed E-state index contributed by atoms with van der Waals surface area (Å²) >= 11 is 1.27. The fourth-order valence-corrected chi connectivity index (χ4v) is 2.01. The normalized spacial score (nSPS) is 11.0. The first-order valence-corrected chi connectivity index (χ1v) is 7.21. The lowest BCUT2D eigenvalue weighted by atomic mass is 10.2.